The number of carbonyl (C=O) groups excluding carboxylic acids is 1. The maximum absolute atomic E-state index is 12.8. The average molecular weight is 592 g/mol. The normalized spacial score (nSPS) is 16.3. The summed E-state index contributed by atoms with van der Waals surface area (Å²) in [5.41, 5.74) is 4.32. The highest BCUT2D eigenvalue weighted by Crippen LogP contribution is 2.43. The number of fused-ring (bicyclic) bond motifs is 6. The SMILES string of the molecule is Cc1cc(Nc2ncnc3ccc4c(c23)OC[C@@H]2CN(C(=O)/C=C/CN(C)C)CCN42)ccc1Oc1ccn2ncnc2c1. The Balaban J connectivity index is 1.11. The van der Waals surface area contributed by atoms with Crippen molar-refractivity contribution < 1.29 is 14.3 Å². The van der Waals surface area contributed by atoms with Crippen molar-refractivity contribution in [2.24, 2.45) is 0 Å². The molecule has 0 spiro atoms. The number of aryl methyl sites for hydroxylation is 1. The minimum absolute atomic E-state index is 0.0406. The van der Waals surface area contributed by atoms with Crippen molar-refractivity contribution in [2.45, 2.75) is 13.0 Å². The van der Waals surface area contributed by atoms with E-state index in [1.165, 1.54) is 6.33 Å². The number of nitrogens with one attached hydrogen (secondary N) is 1. The van der Waals surface area contributed by atoms with Gasteiger partial charge in [0.05, 0.1) is 22.6 Å². The molecular formula is C32H33N9O3. The molecule has 5 aromatic rings. The molecule has 0 saturated carbocycles. The number of benzene rings is 2. The van der Waals surface area contributed by atoms with E-state index in [0.29, 0.717) is 36.9 Å². The Hall–Kier alpha value is -5.23. The van der Waals surface area contributed by atoms with Crippen LogP contribution >= 0.6 is 0 Å². The Morgan fingerprint density at radius 1 is 1.11 bits per heavy atom. The van der Waals surface area contributed by atoms with E-state index >= 15 is 0 Å². The van der Waals surface area contributed by atoms with Crippen LogP contribution in [0.5, 0.6) is 17.2 Å². The Morgan fingerprint density at radius 2 is 2.02 bits per heavy atom. The zero-order chi connectivity index (χ0) is 30.2. The number of likely N-dealkylation sites (N-methyl/N-ethyl adjacent to an activating group) is 1. The van der Waals surface area contributed by atoms with Crippen LogP contribution in [-0.4, -0.2) is 93.2 Å². The maximum atomic E-state index is 12.8. The fourth-order valence-electron chi connectivity index (χ4n) is 5.71. The van der Waals surface area contributed by atoms with Crippen LogP contribution in [0.1, 0.15) is 5.56 Å². The number of carbonyl (C=O) groups is 1. The van der Waals surface area contributed by atoms with Crippen molar-refractivity contribution in [3.05, 3.63) is 79.0 Å². The molecule has 44 heavy (non-hydrogen) atoms. The predicted octanol–water partition coefficient (Wildman–Crippen LogP) is 4.04. The Labute approximate surface area is 254 Å². The zero-order valence-corrected chi connectivity index (χ0v) is 24.8. The van der Waals surface area contributed by atoms with Crippen LogP contribution in [0.25, 0.3) is 16.6 Å². The van der Waals surface area contributed by atoms with Crippen molar-refractivity contribution in [1.82, 2.24) is 34.4 Å². The lowest BCUT2D eigenvalue weighted by molar-refractivity contribution is -0.127. The van der Waals surface area contributed by atoms with Gasteiger partial charge in [-0.15, -0.1) is 0 Å². The Morgan fingerprint density at radius 3 is 2.89 bits per heavy atom. The van der Waals surface area contributed by atoms with E-state index < -0.39 is 0 Å². The van der Waals surface area contributed by atoms with Gasteiger partial charge in [-0.05, 0) is 63.0 Å². The lowest BCUT2D eigenvalue weighted by atomic mass is 10.1. The molecule has 1 amide bonds. The summed E-state index contributed by atoms with van der Waals surface area (Å²) in [5.74, 6) is 2.89. The third-order valence-corrected chi connectivity index (χ3v) is 7.91. The molecule has 12 heteroatoms. The quantitative estimate of drug-likeness (QED) is 0.278. The fourth-order valence-corrected chi connectivity index (χ4v) is 5.71. The lowest BCUT2D eigenvalue weighted by Crippen LogP contribution is -2.58. The van der Waals surface area contributed by atoms with E-state index in [1.807, 2.05) is 79.5 Å². The number of pyridine rings is 1. The minimum atomic E-state index is 0.0406. The molecule has 0 radical (unpaired) electrons. The standard InChI is InChI=1S/C32H33N9O3/c1-21-15-22(6-9-27(21)44-24-10-12-41-28(16-24)34-20-36-41)37-32-30-25(33-19-35-32)7-8-26-31(30)43-18-23-17-39(13-14-40(23)26)29(42)5-4-11-38(2)3/h4-10,12,15-16,19-20,23H,11,13-14,17-18H2,1-3H3,(H,33,35,37)/b5-4+/t23-/m0/s1. The van der Waals surface area contributed by atoms with Crippen LogP contribution in [-0.2, 0) is 4.79 Å². The molecule has 2 aliphatic rings. The summed E-state index contributed by atoms with van der Waals surface area (Å²) in [4.78, 5) is 32.4. The van der Waals surface area contributed by atoms with Crippen molar-refractivity contribution in [3.8, 4) is 17.2 Å². The van der Waals surface area contributed by atoms with Gasteiger partial charge in [0.15, 0.2) is 11.4 Å². The molecule has 1 atom stereocenters. The zero-order valence-electron chi connectivity index (χ0n) is 24.8. The average Bonchev–Trinajstić information content (AvgIpc) is 3.49. The minimum Gasteiger partial charge on any atom is -0.488 e. The van der Waals surface area contributed by atoms with Crippen molar-refractivity contribution in [3.63, 3.8) is 0 Å². The third-order valence-electron chi connectivity index (χ3n) is 7.91. The molecule has 2 aliphatic heterocycles. The number of ether oxygens (including phenoxy) is 2. The number of anilines is 3. The topological polar surface area (TPSA) is 113 Å². The van der Waals surface area contributed by atoms with Gasteiger partial charge in [0.2, 0.25) is 5.91 Å². The number of piperazine rings is 1. The summed E-state index contributed by atoms with van der Waals surface area (Å²) in [6.45, 7) is 5.19. The van der Waals surface area contributed by atoms with Crippen LogP contribution in [0.4, 0.5) is 17.2 Å². The summed E-state index contributed by atoms with van der Waals surface area (Å²) >= 11 is 0. The first-order valence-corrected chi connectivity index (χ1v) is 14.6. The number of aromatic nitrogens is 5. The molecule has 0 aliphatic carbocycles. The summed E-state index contributed by atoms with van der Waals surface area (Å²) in [7, 11) is 3.96. The van der Waals surface area contributed by atoms with E-state index in [9.17, 15) is 4.79 Å². The van der Waals surface area contributed by atoms with Gasteiger partial charge in [0, 0.05) is 50.2 Å². The molecule has 12 nitrogen and oxygen atoms in total. The van der Waals surface area contributed by atoms with Gasteiger partial charge in [-0.25, -0.2) is 19.5 Å². The number of hydrogen-bond acceptors (Lipinski definition) is 10. The van der Waals surface area contributed by atoms with Gasteiger partial charge in [0.1, 0.15) is 36.6 Å². The highest BCUT2D eigenvalue weighted by Gasteiger charge is 2.35. The van der Waals surface area contributed by atoms with Crippen LogP contribution in [0.3, 0.4) is 0 Å². The lowest BCUT2D eigenvalue weighted by Gasteiger charge is -2.45. The van der Waals surface area contributed by atoms with E-state index in [1.54, 1.807) is 16.9 Å². The fraction of sp³-hybridized carbons (Fsp3) is 0.281. The van der Waals surface area contributed by atoms with Crippen LogP contribution in [0, 0.1) is 6.92 Å². The first-order chi connectivity index (χ1) is 21.4. The highest BCUT2D eigenvalue weighted by atomic mass is 16.5. The molecule has 5 heterocycles. The monoisotopic (exact) mass is 591 g/mol. The largest absolute Gasteiger partial charge is 0.488 e. The number of nitrogens with zero attached hydrogens (tertiary/aromatic N) is 8. The molecule has 1 fully saturated rings. The van der Waals surface area contributed by atoms with Crippen molar-refractivity contribution >= 4 is 39.6 Å². The maximum Gasteiger partial charge on any atom is 0.246 e. The number of hydrogen-bond donors (Lipinski definition) is 1. The molecule has 3 aromatic heterocycles. The van der Waals surface area contributed by atoms with Crippen molar-refractivity contribution in [2.75, 3.05) is 57.1 Å². The molecule has 7 rings (SSSR count). The second-order valence-corrected chi connectivity index (χ2v) is 11.3. The van der Waals surface area contributed by atoms with E-state index in [0.717, 1.165) is 52.4 Å². The highest BCUT2D eigenvalue weighted by molar-refractivity contribution is 6.00. The summed E-state index contributed by atoms with van der Waals surface area (Å²) < 4.78 is 14.2. The smallest absolute Gasteiger partial charge is 0.246 e. The number of rotatable bonds is 7. The molecule has 224 valence electrons. The first kappa shape index (κ1) is 27.6. The Bertz CT molecular complexity index is 1890. The summed E-state index contributed by atoms with van der Waals surface area (Å²) in [5, 5.41) is 8.44. The summed E-state index contributed by atoms with van der Waals surface area (Å²) in [6, 6.07) is 13.8. The van der Waals surface area contributed by atoms with Gasteiger partial charge in [0.25, 0.3) is 0 Å². The van der Waals surface area contributed by atoms with Crippen molar-refractivity contribution in [1.29, 1.82) is 0 Å². The molecule has 1 N–H and O–H groups in total. The summed E-state index contributed by atoms with van der Waals surface area (Å²) in [6.07, 6.45) is 8.47. The van der Waals surface area contributed by atoms with E-state index in [4.69, 9.17) is 9.47 Å². The van der Waals surface area contributed by atoms with E-state index in [2.05, 4.69) is 36.3 Å². The third kappa shape index (κ3) is 5.35. The predicted molar refractivity (Wildman–Crippen MR) is 168 cm³/mol. The second kappa shape index (κ2) is 11.5. The van der Waals surface area contributed by atoms with Gasteiger partial charge < -0.3 is 29.5 Å². The molecule has 0 bridgehead atoms. The first-order valence-electron chi connectivity index (χ1n) is 14.6. The van der Waals surface area contributed by atoms with Gasteiger partial charge >= 0.3 is 0 Å². The number of amides is 1. The van der Waals surface area contributed by atoms with Crippen LogP contribution in [0.15, 0.2) is 73.5 Å². The van der Waals surface area contributed by atoms with Crippen LogP contribution < -0.4 is 19.7 Å². The van der Waals surface area contributed by atoms with Gasteiger partial charge in [-0.3, -0.25) is 4.79 Å². The van der Waals surface area contributed by atoms with Gasteiger partial charge in [-0.1, -0.05) is 6.08 Å². The van der Waals surface area contributed by atoms with Gasteiger partial charge in [-0.2, -0.15) is 5.10 Å². The van der Waals surface area contributed by atoms with E-state index in [-0.39, 0.29) is 11.9 Å². The molecular weight excluding hydrogens is 558 g/mol. The molecule has 1 saturated heterocycles. The molecule has 2 aromatic carbocycles. The molecule has 0 unspecified atom stereocenters. The second-order valence-electron chi connectivity index (χ2n) is 11.3. The van der Waals surface area contributed by atoms with Crippen LogP contribution in [0.2, 0.25) is 0 Å². The Kier molecular flexibility index (Phi) is 7.18.